The molecule has 0 bridgehead atoms. The zero-order chi connectivity index (χ0) is 22.2. The molecule has 4 rings (SSSR count). The Morgan fingerprint density at radius 3 is 2.13 bits per heavy atom. The fourth-order valence-electron chi connectivity index (χ4n) is 3.44. The van der Waals surface area contributed by atoms with Crippen LogP contribution in [0.2, 0.25) is 0 Å². The Morgan fingerprint density at radius 2 is 1.55 bits per heavy atom. The smallest absolute Gasteiger partial charge is 0.0749 e. The number of hydrogen-bond acceptors (Lipinski definition) is 3. The van der Waals surface area contributed by atoms with Crippen molar-refractivity contribution in [1.29, 1.82) is 0 Å². The molecule has 31 heavy (non-hydrogen) atoms. The molecule has 0 saturated carbocycles. The molecule has 0 aliphatic carbocycles. The number of fused-ring (bicyclic) bond motifs is 1. The van der Waals surface area contributed by atoms with Gasteiger partial charge in [0.05, 0.1) is 16.6 Å². The van der Waals surface area contributed by atoms with Crippen LogP contribution in [0.5, 0.6) is 0 Å². The zero-order valence-corrected chi connectivity index (χ0v) is 19.7. The minimum atomic E-state index is 0.911. The number of pyridine rings is 2. The van der Waals surface area contributed by atoms with Crippen LogP contribution in [0.4, 0.5) is 0 Å². The number of nitrogens with zero attached hydrogens (tertiary/aromatic N) is 2. The van der Waals surface area contributed by atoms with E-state index in [0.29, 0.717) is 0 Å². The minimum Gasteiger partial charge on any atom is -0.394 e. The maximum absolute atomic E-state index is 4.85. The van der Waals surface area contributed by atoms with E-state index in [0.717, 1.165) is 34.0 Å². The molecule has 1 N–H and O–H groups in total. The van der Waals surface area contributed by atoms with E-state index in [1.165, 1.54) is 28.7 Å². The van der Waals surface area contributed by atoms with Crippen molar-refractivity contribution in [2.45, 2.75) is 26.7 Å². The van der Waals surface area contributed by atoms with Gasteiger partial charge in [-0.05, 0) is 53.9 Å². The lowest BCUT2D eigenvalue weighted by atomic mass is 10.00. The molecule has 0 aliphatic rings. The lowest BCUT2D eigenvalue weighted by Gasteiger charge is -2.09. The molecule has 0 spiro atoms. The Morgan fingerprint density at radius 1 is 0.968 bits per heavy atom. The predicted octanol–water partition coefficient (Wildman–Crippen LogP) is 6.07. The maximum atomic E-state index is 4.85. The number of aromatic nitrogens is 2. The van der Waals surface area contributed by atoms with Crippen LogP contribution in [0, 0.1) is 6.92 Å². The van der Waals surface area contributed by atoms with Gasteiger partial charge < -0.3 is 5.32 Å². The van der Waals surface area contributed by atoms with Crippen LogP contribution in [0.1, 0.15) is 24.5 Å². The second-order valence-corrected chi connectivity index (χ2v) is 8.06. The Kier molecular flexibility index (Phi) is 7.92. The van der Waals surface area contributed by atoms with Crippen LogP contribution in [0.3, 0.4) is 0 Å². The first-order chi connectivity index (χ1) is 15.0. The normalized spacial score (nSPS) is 10.3. The summed E-state index contributed by atoms with van der Waals surface area (Å²) in [6.07, 6.45) is 5.84. The summed E-state index contributed by atoms with van der Waals surface area (Å²) in [4.78, 5) is 9.20. The number of benzene rings is 2. The number of aryl methyl sites for hydroxylation is 2. The van der Waals surface area contributed by atoms with Gasteiger partial charge in [-0.25, -0.2) is 4.98 Å². The molecule has 2 heterocycles. The van der Waals surface area contributed by atoms with E-state index in [1.54, 1.807) is 6.20 Å². The van der Waals surface area contributed by atoms with E-state index in [-0.39, 0.29) is 0 Å². The molecule has 2 aromatic carbocycles. The van der Waals surface area contributed by atoms with Crippen molar-refractivity contribution in [2.24, 2.45) is 0 Å². The van der Waals surface area contributed by atoms with Gasteiger partial charge in [-0.2, -0.15) is 0 Å². The van der Waals surface area contributed by atoms with Gasteiger partial charge in [0, 0.05) is 24.2 Å². The molecular formula is C27H30N3P. The highest BCUT2D eigenvalue weighted by atomic mass is 31.0. The molecule has 158 valence electrons. The van der Waals surface area contributed by atoms with Gasteiger partial charge in [-0.1, -0.05) is 77.7 Å². The third kappa shape index (κ3) is 5.77. The van der Waals surface area contributed by atoms with Gasteiger partial charge >= 0.3 is 0 Å². The summed E-state index contributed by atoms with van der Waals surface area (Å²) >= 11 is 0. The van der Waals surface area contributed by atoms with Crippen LogP contribution in [0.15, 0.2) is 79.6 Å². The summed E-state index contributed by atoms with van der Waals surface area (Å²) < 4.78 is 0. The largest absolute Gasteiger partial charge is 0.394 e. The van der Waals surface area contributed by atoms with Gasteiger partial charge in [0.2, 0.25) is 0 Å². The Balaban J connectivity index is 0.000000628. The van der Waals surface area contributed by atoms with Gasteiger partial charge in [0.15, 0.2) is 0 Å². The van der Waals surface area contributed by atoms with E-state index in [1.807, 2.05) is 19.3 Å². The van der Waals surface area contributed by atoms with E-state index >= 15 is 0 Å². The van der Waals surface area contributed by atoms with Crippen LogP contribution in [-0.4, -0.2) is 17.0 Å². The van der Waals surface area contributed by atoms with E-state index in [4.69, 9.17) is 4.98 Å². The van der Waals surface area contributed by atoms with Crippen molar-refractivity contribution in [3.05, 3.63) is 90.8 Å². The Labute approximate surface area is 187 Å². The molecule has 0 radical (unpaired) electrons. The first-order valence-corrected chi connectivity index (χ1v) is 11.1. The molecule has 0 saturated heterocycles. The van der Waals surface area contributed by atoms with E-state index < -0.39 is 0 Å². The fourth-order valence-corrected chi connectivity index (χ4v) is 3.67. The van der Waals surface area contributed by atoms with Crippen molar-refractivity contribution >= 4 is 25.6 Å². The van der Waals surface area contributed by atoms with Crippen LogP contribution in [-0.2, 0) is 6.42 Å². The number of rotatable bonds is 5. The highest BCUT2D eigenvalue weighted by molar-refractivity contribution is 7.26. The number of hydrogen-bond donors (Lipinski definition) is 1. The summed E-state index contributed by atoms with van der Waals surface area (Å²) in [6, 6.07) is 21.7. The van der Waals surface area contributed by atoms with Crippen molar-refractivity contribution < 1.29 is 0 Å². The molecule has 4 heteroatoms. The average molecular weight is 428 g/mol. The van der Waals surface area contributed by atoms with Crippen molar-refractivity contribution in [2.75, 3.05) is 7.05 Å². The molecule has 0 fully saturated rings. The molecular weight excluding hydrogens is 397 g/mol. The second-order valence-electron chi connectivity index (χ2n) is 7.47. The summed E-state index contributed by atoms with van der Waals surface area (Å²) in [5.74, 6) is 0. The molecule has 1 atom stereocenters. The Hall–Kier alpha value is -3.03. The average Bonchev–Trinajstić information content (AvgIpc) is 2.80. The monoisotopic (exact) mass is 427 g/mol. The third-order valence-electron chi connectivity index (χ3n) is 5.13. The summed E-state index contributed by atoms with van der Waals surface area (Å²) in [7, 11) is 4.45. The minimum absolute atomic E-state index is 0.911. The highest BCUT2D eigenvalue weighted by Gasteiger charge is 2.07. The Bertz CT molecular complexity index is 1150. The molecule has 0 amide bonds. The first kappa shape index (κ1) is 22.7. The predicted molar refractivity (Wildman–Crippen MR) is 138 cm³/mol. The van der Waals surface area contributed by atoms with Crippen LogP contribution in [0.25, 0.3) is 33.3 Å². The number of nitrogens with one attached hydrogen (secondary N) is 1. The van der Waals surface area contributed by atoms with Crippen molar-refractivity contribution in [3.63, 3.8) is 0 Å². The lowest BCUT2D eigenvalue weighted by molar-refractivity contribution is 0.922. The van der Waals surface area contributed by atoms with E-state index in [2.05, 4.69) is 94.6 Å². The first-order valence-electron chi connectivity index (χ1n) is 10.6. The molecule has 1 unspecified atom stereocenters. The van der Waals surface area contributed by atoms with Gasteiger partial charge in [0.1, 0.15) is 0 Å². The second kappa shape index (κ2) is 10.8. The van der Waals surface area contributed by atoms with Crippen molar-refractivity contribution in [3.8, 4) is 22.4 Å². The molecule has 4 aromatic rings. The molecule has 0 aliphatic heterocycles. The fraction of sp³-hybridized carbons (Fsp3) is 0.185. The summed E-state index contributed by atoms with van der Waals surface area (Å²) in [5.41, 5.74) is 9.11. The van der Waals surface area contributed by atoms with Gasteiger partial charge in [0.25, 0.3) is 0 Å². The third-order valence-corrected chi connectivity index (χ3v) is 5.45. The van der Waals surface area contributed by atoms with Gasteiger partial charge in [-0.3, -0.25) is 4.98 Å². The zero-order valence-electron chi connectivity index (χ0n) is 18.5. The van der Waals surface area contributed by atoms with Gasteiger partial charge in [-0.15, -0.1) is 0 Å². The standard InChI is InChI=1S/C24H23N2P.C3H7N/c1-3-4-17-5-7-18(8-6-17)19-9-11-20(12-10-19)22-13-16(2)21-15-25-24(27)14-23(21)26-22;1-3-4-2/h5-15H,3-4,27H2,1-2H3;3-4H,1H2,2H3. The van der Waals surface area contributed by atoms with Crippen molar-refractivity contribution in [1.82, 2.24) is 15.3 Å². The molecule has 3 nitrogen and oxygen atoms in total. The van der Waals surface area contributed by atoms with Crippen LogP contribution >= 0.6 is 9.24 Å². The topological polar surface area (TPSA) is 37.8 Å². The summed E-state index contributed by atoms with van der Waals surface area (Å²) in [5, 5.41) is 3.80. The quantitative estimate of drug-likeness (QED) is 0.393. The summed E-state index contributed by atoms with van der Waals surface area (Å²) in [6.45, 7) is 7.70. The maximum Gasteiger partial charge on any atom is 0.0749 e. The van der Waals surface area contributed by atoms with E-state index in [9.17, 15) is 0 Å². The SMILES string of the molecule is C=CNC.CCCc1ccc(-c2ccc(-c3cc(C)c4cnc(P)cc4n3)cc2)cc1. The highest BCUT2D eigenvalue weighted by Crippen LogP contribution is 2.27. The molecule has 2 aromatic heterocycles. The van der Waals surface area contributed by atoms with Crippen LogP contribution < -0.4 is 10.8 Å². The lowest BCUT2D eigenvalue weighted by Crippen LogP contribution is -1.98.